The summed E-state index contributed by atoms with van der Waals surface area (Å²) in [5.41, 5.74) is 0.559. The van der Waals surface area contributed by atoms with Crippen molar-refractivity contribution in [1.29, 1.82) is 0 Å². The zero-order valence-corrected chi connectivity index (χ0v) is 19.1. The molecule has 2 aromatic carbocycles. The smallest absolute Gasteiger partial charge is 0.242 e. The number of aliphatic imine (C=N–C) groups is 1. The number of hydrogen-bond acceptors (Lipinski definition) is 5. The van der Waals surface area contributed by atoms with Crippen molar-refractivity contribution < 1.29 is 17.6 Å². The number of thioether (sulfide) groups is 1. The third kappa shape index (κ3) is 4.85. The SMILES string of the molecule is CC1CN(C(=O)Cc2c(F)cccc2Cl)C(=Nc2cccc(S(=O)(=O)N(C)C)c2)S1. The summed E-state index contributed by atoms with van der Waals surface area (Å²) in [4.78, 5) is 19.0. The molecule has 1 unspecified atom stereocenters. The molecule has 10 heteroatoms. The first-order valence-electron chi connectivity index (χ1n) is 9.11. The molecule has 0 spiro atoms. The Morgan fingerprint density at radius 3 is 2.67 bits per heavy atom. The second-order valence-corrected chi connectivity index (χ2v) is 11.0. The summed E-state index contributed by atoms with van der Waals surface area (Å²) in [5, 5.41) is 0.736. The third-order valence-corrected chi connectivity index (χ3v) is 7.73. The summed E-state index contributed by atoms with van der Waals surface area (Å²) in [5.74, 6) is -0.856. The fourth-order valence-electron chi connectivity index (χ4n) is 2.89. The summed E-state index contributed by atoms with van der Waals surface area (Å²) < 4.78 is 40.0. The number of amidine groups is 1. The quantitative estimate of drug-likeness (QED) is 0.665. The number of nitrogens with zero attached hydrogens (tertiary/aromatic N) is 3. The lowest BCUT2D eigenvalue weighted by Crippen LogP contribution is -2.34. The topological polar surface area (TPSA) is 70.0 Å². The number of amides is 1. The minimum atomic E-state index is -3.60. The van der Waals surface area contributed by atoms with E-state index in [9.17, 15) is 17.6 Å². The molecule has 1 aliphatic heterocycles. The van der Waals surface area contributed by atoms with Gasteiger partial charge in [0.25, 0.3) is 0 Å². The van der Waals surface area contributed by atoms with Gasteiger partial charge in [0.15, 0.2) is 5.17 Å². The molecule has 0 saturated carbocycles. The Morgan fingerprint density at radius 1 is 1.30 bits per heavy atom. The maximum Gasteiger partial charge on any atom is 0.242 e. The van der Waals surface area contributed by atoms with Crippen molar-refractivity contribution in [2.24, 2.45) is 4.99 Å². The van der Waals surface area contributed by atoms with Gasteiger partial charge in [0, 0.05) is 36.5 Å². The molecule has 0 bridgehead atoms. The van der Waals surface area contributed by atoms with Gasteiger partial charge >= 0.3 is 0 Å². The molecule has 30 heavy (non-hydrogen) atoms. The van der Waals surface area contributed by atoms with Crippen molar-refractivity contribution in [3.05, 3.63) is 58.9 Å². The Morgan fingerprint density at radius 2 is 2.00 bits per heavy atom. The Kier molecular flexibility index (Phi) is 6.86. The normalized spacial score (nSPS) is 18.4. The summed E-state index contributed by atoms with van der Waals surface area (Å²) in [6.45, 7) is 2.38. The zero-order chi connectivity index (χ0) is 22.1. The first kappa shape index (κ1) is 22.7. The summed E-state index contributed by atoms with van der Waals surface area (Å²) in [6, 6.07) is 10.5. The average Bonchev–Trinajstić information content (AvgIpc) is 3.05. The van der Waals surface area contributed by atoms with Gasteiger partial charge in [-0.25, -0.2) is 22.1 Å². The van der Waals surface area contributed by atoms with E-state index < -0.39 is 15.8 Å². The number of halogens is 2. The molecule has 0 N–H and O–H groups in total. The molecule has 2 aromatic rings. The number of rotatable bonds is 5. The summed E-state index contributed by atoms with van der Waals surface area (Å²) in [7, 11) is -0.693. The van der Waals surface area contributed by atoms with Gasteiger partial charge in [0.2, 0.25) is 15.9 Å². The molecule has 160 valence electrons. The van der Waals surface area contributed by atoms with Crippen molar-refractivity contribution in [2.75, 3.05) is 20.6 Å². The number of carbonyl (C=O) groups excluding carboxylic acids is 1. The van der Waals surface area contributed by atoms with Gasteiger partial charge in [-0.05, 0) is 30.3 Å². The fraction of sp³-hybridized carbons (Fsp3) is 0.300. The third-order valence-electron chi connectivity index (χ3n) is 4.49. The van der Waals surface area contributed by atoms with Gasteiger partial charge in [-0.1, -0.05) is 42.4 Å². The lowest BCUT2D eigenvalue weighted by Gasteiger charge is -2.17. The van der Waals surface area contributed by atoms with Gasteiger partial charge in [-0.15, -0.1) is 0 Å². The Labute approximate surface area is 184 Å². The van der Waals surface area contributed by atoms with Crippen LogP contribution in [0.1, 0.15) is 12.5 Å². The minimum Gasteiger partial charge on any atom is -0.290 e. The van der Waals surface area contributed by atoms with E-state index in [1.807, 2.05) is 6.92 Å². The molecule has 1 aliphatic rings. The number of sulfonamides is 1. The fourth-order valence-corrected chi connectivity index (χ4v) is 5.11. The van der Waals surface area contributed by atoms with Gasteiger partial charge in [0.1, 0.15) is 5.82 Å². The summed E-state index contributed by atoms with van der Waals surface area (Å²) >= 11 is 7.46. The van der Waals surface area contributed by atoms with E-state index in [2.05, 4.69) is 4.99 Å². The molecular weight excluding hydrogens is 449 g/mol. The number of carbonyl (C=O) groups is 1. The Bertz CT molecular complexity index is 1090. The molecule has 1 amide bonds. The standard InChI is InChI=1S/C20H21ClFN3O3S2/c1-13-12-25(19(26)11-16-17(21)8-5-9-18(16)22)20(29-13)23-14-6-4-7-15(10-14)30(27,28)24(2)3/h4-10,13H,11-12H2,1-3H3. The van der Waals surface area contributed by atoms with Gasteiger partial charge in [-0.3, -0.25) is 9.69 Å². The van der Waals surface area contributed by atoms with Crippen LogP contribution in [0.5, 0.6) is 0 Å². The van der Waals surface area contributed by atoms with Crippen molar-refractivity contribution in [3.63, 3.8) is 0 Å². The maximum atomic E-state index is 14.1. The van der Waals surface area contributed by atoms with E-state index in [4.69, 9.17) is 11.6 Å². The van der Waals surface area contributed by atoms with Crippen molar-refractivity contribution in [2.45, 2.75) is 23.5 Å². The molecule has 6 nitrogen and oxygen atoms in total. The van der Waals surface area contributed by atoms with Crippen LogP contribution >= 0.6 is 23.4 Å². The highest BCUT2D eigenvalue weighted by atomic mass is 35.5. The predicted octanol–water partition coefficient (Wildman–Crippen LogP) is 3.92. The van der Waals surface area contributed by atoms with Crippen molar-refractivity contribution in [3.8, 4) is 0 Å². The summed E-state index contributed by atoms with van der Waals surface area (Å²) in [6.07, 6.45) is -0.188. The highest BCUT2D eigenvalue weighted by Gasteiger charge is 2.31. The van der Waals surface area contributed by atoms with Crippen molar-refractivity contribution >= 4 is 50.1 Å². The Hall–Kier alpha value is -1.94. The van der Waals surface area contributed by atoms with E-state index >= 15 is 0 Å². The van der Waals surface area contributed by atoms with E-state index in [1.54, 1.807) is 18.2 Å². The molecule has 0 aromatic heterocycles. The van der Waals surface area contributed by atoms with Crippen LogP contribution in [-0.4, -0.2) is 54.6 Å². The minimum absolute atomic E-state index is 0.0949. The molecule has 1 atom stereocenters. The van der Waals surface area contributed by atoms with E-state index in [-0.39, 0.29) is 33.1 Å². The van der Waals surface area contributed by atoms with E-state index in [0.29, 0.717) is 17.4 Å². The predicted molar refractivity (Wildman–Crippen MR) is 118 cm³/mol. The van der Waals surface area contributed by atoms with Crippen LogP contribution in [0.15, 0.2) is 52.4 Å². The van der Waals surface area contributed by atoms with E-state index in [1.165, 1.54) is 55.0 Å². The van der Waals surface area contributed by atoms with Gasteiger partial charge < -0.3 is 0 Å². The second kappa shape index (κ2) is 9.05. The van der Waals surface area contributed by atoms with Crippen LogP contribution in [-0.2, 0) is 21.2 Å². The van der Waals surface area contributed by atoms with Crippen LogP contribution in [0.2, 0.25) is 5.02 Å². The molecule has 1 saturated heterocycles. The van der Waals surface area contributed by atoms with Gasteiger partial charge in [0.05, 0.1) is 17.0 Å². The lowest BCUT2D eigenvalue weighted by atomic mass is 10.1. The largest absolute Gasteiger partial charge is 0.290 e. The number of benzene rings is 2. The Balaban J connectivity index is 1.90. The van der Waals surface area contributed by atoms with Crippen LogP contribution in [0, 0.1) is 5.82 Å². The number of hydrogen-bond donors (Lipinski definition) is 0. The first-order valence-corrected chi connectivity index (χ1v) is 11.8. The van der Waals surface area contributed by atoms with Gasteiger partial charge in [-0.2, -0.15) is 0 Å². The van der Waals surface area contributed by atoms with E-state index in [0.717, 1.165) is 4.31 Å². The molecule has 0 aliphatic carbocycles. The van der Waals surface area contributed by atoms with Crippen LogP contribution in [0.25, 0.3) is 0 Å². The average molecular weight is 470 g/mol. The van der Waals surface area contributed by atoms with Crippen LogP contribution < -0.4 is 0 Å². The molecule has 1 heterocycles. The van der Waals surface area contributed by atoms with Crippen LogP contribution in [0.3, 0.4) is 0 Å². The first-order chi connectivity index (χ1) is 14.1. The molecule has 3 rings (SSSR count). The monoisotopic (exact) mass is 469 g/mol. The molecule has 1 fully saturated rings. The maximum absolute atomic E-state index is 14.1. The molecule has 0 radical (unpaired) electrons. The molecular formula is C20H21ClFN3O3S2. The van der Waals surface area contributed by atoms with Crippen molar-refractivity contribution in [1.82, 2.24) is 9.21 Å². The lowest BCUT2D eigenvalue weighted by molar-refractivity contribution is -0.126. The highest BCUT2D eigenvalue weighted by molar-refractivity contribution is 8.14. The van der Waals surface area contributed by atoms with Crippen LogP contribution in [0.4, 0.5) is 10.1 Å². The highest BCUT2D eigenvalue weighted by Crippen LogP contribution is 2.30. The second-order valence-electron chi connectivity index (χ2n) is 6.99. The zero-order valence-electron chi connectivity index (χ0n) is 16.7.